The van der Waals surface area contributed by atoms with Crippen LogP contribution in [0.15, 0.2) is 0 Å². The average molecular weight is 213 g/mol. The number of hydrogen-bond acceptors (Lipinski definition) is 2. The van der Waals surface area contributed by atoms with Crippen molar-refractivity contribution < 1.29 is 9.90 Å². The SMILES string of the molecule is CCC(=O)N1CCCCCC1CC(C)O. The van der Waals surface area contributed by atoms with Crippen molar-refractivity contribution in [2.75, 3.05) is 6.54 Å². The highest BCUT2D eigenvalue weighted by Crippen LogP contribution is 2.21. The summed E-state index contributed by atoms with van der Waals surface area (Å²) in [4.78, 5) is 13.7. The van der Waals surface area contributed by atoms with Crippen LogP contribution >= 0.6 is 0 Å². The topological polar surface area (TPSA) is 40.5 Å². The predicted molar refractivity (Wildman–Crippen MR) is 60.6 cm³/mol. The number of carbonyl (C=O) groups excluding carboxylic acids is 1. The van der Waals surface area contributed by atoms with E-state index in [0.717, 1.165) is 25.8 Å². The number of nitrogens with zero attached hydrogens (tertiary/aromatic N) is 1. The van der Waals surface area contributed by atoms with E-state index in [4.69, 9.17) is 0 Å². The molecule has 15 heavy (non-hydrogen) atoms. The average Bonchev–Trinajstić information content (AvgIpc) is 2.41. The van der Waals surface area contributed by atoms with Gasteiger partial charge in [-0.25, -0.2) is 0 Å². The van der Waals surface area contributed by atoms with Crippen molar-refractivity contribution in [3.05, 3.63) is 0 Å². The number of aliphatic hydroxyl groups excluding tert-OH is 1. The second kappa shape index (κ2) is 6.11. The molecule has 3 nitrogen and oxygen atoms in total. The van der Waals surface area contributed by atoms with Crippen LogP contribution < -0.4 is 0 Å². The molecule has 1 aliphatic rings. The molecule has 0 radical (unpaired) electrons. The molecule has 88 valence electrons. The van der Waals surface area contributed by atoms with E-state index >= 15 is 0 Å². The standard InChI is InChI=1S/C12H23NO2/c1-3-12(15)13-8-6-4-5-7-11(13)9-10(2)14/h10-11,14H,3-9H2,1-2H3. The van der Waals surface area contributed by atoms with Gasteiger partial charge in [-0.05, 0) is 26.2 Å². The van der Waals surface area contributed by atoms with E-state index in [0.29, 0.717) is 6.42 Å². The predicted octanol–water partition coefficient (Wildman–Crippen LogP) is 1.94. The third-order valence-electron chi connectivity index (χ3n) is 3.11. The van der Waals surface area contributed by atoms with Gasteiger partial charge in [-0.15, -0.1) is 0 Å². The second-order valence-corrected chi connectivity index (χ2v) is 4.53. The van der Waals surface area contributed by atoms with Gasteiger partial charge in [0.25, 0.3) is 0 Å². The van der Waals surface area contributed by atoms with Gasteiger partial charge in [0.05, 0.1) is 6.10 Å². The fraction of sp³-hybridized carbons (Fsp3) is 0.917. The molecule has 0 aromatic heterocycles. The van der Waals surface area contributed by atoms with Gasteiger partial charge in [-0.1, -0.05) is 19.8 Å². The van der Waals surface area contributed by atoms with E-state index in [1.165, 1.54) is 12.8 Å². The summed E-state index contributed by atoms with van der Waals surface area (Å²) in [7, 11) is 0. The zero-order chi connectivity index (χ0) is 11.3. The van der Waals surface area contributed by atoms with Crippen molar-refractivity contribution in [2.24, 2.45) is 0 Å². The van der Waals surface area contributed by atoms with Crippen LogP contribution in [-0.2, 0) is 4.79 Å². The highest BCUT2D eigenvalue weighted by Gasteiger charge is 2.25. The maximum absolute atomic E-state index is 11.8. The molecule has 1 fully saturated rings. The highest BCUT2D eigenvalue weighted by atomic mass is 16.3. The van der Waals surface area contributed by atoms with E-state index in [1.54, 1.807) is 6.92 Å². The Morgan fingerprint density at radius 1 is 1.47 bits per heavy atom. The fourth-order valence-corrected chi connectivity index (χ4v) is 2.35. The molecule has 2 atom stereocenters. The molecule has 1 amide bonds. The van der Waals surface area contributed by atoms with E-state index in [-0.39, 0.29) is 18.1 Å². The lowest BCUT2D eigenvalue weighted by atomic mass is 10.0. The quantitative estimate of drug-likeness (QED) is 0.778. The lowest BCUT2D eigenvalue weighted by molar-refractivity contribution is -0.133. The molecular weight excluding hydrogens is 190 g/mol. The minimum atomic E-state index is -0.305. The molecule has 0 saturated carbocycles. The number of rotatable bonds is 3. The number of carbonyl (C=O) groups is 1. The molecule has 0 spiro atoms. The Balaban J connectivity index is 2.62. The molecule has 0 aromatic rings. The number of aliphatic hydroxyl groups is 1. The Hall–Kier alpha value is -0.570. The Kier molecular flexibility index (Phi) is 5.09. The van der Waals surface area contributed by atoms with Crippen molar-refractivity contribution in [2.45, 2.75) is 64.5 Å². The normalized spacial score (nSPS) is 24.7. The zero-order valence-corrected chi connectivity index (χ0v) is 9.91. The third kappa shape index (κ3) is 3.82. The van der Waals surface area contributed by atoms with Crippen LogP contribution in [0.2, 0.25) is 0 Å². The first kappa shape index (κ1) is 12.5. The number of likely N-dealkylation sites (tertiary alicyclic amines) is 1. The maximum Gasteiger partial charge on any atom is 0.222 e. The van der Waals surface area contributed by atoms with Crippen LogP contribution in [0.4, 0.5) is 0 Å². The first-order valence-electron chi connectivity index (χ1n) is 6.12. The third-order valence-corrected chi connectivity index (χ3v) is 3.11. The number of amides is 1. The summed E-state index contributed by atoms with van der Waals surface area (Å²) in [5.41, 5.74) is 0. The van der Waals surface area contributed by atoms with Crippen molar-refractivity contribution in [1.29, 1.82) is 0 Å². The lowest BCUT2D eigenvalue weighted by Crippen LogP contribution is -2.41. The van der Waals surface area contributed by atoms with Crippen LogP contribution in [0.5, 0.6) is 0 Å². The summed E-state index contributed by atoms with van der Waals surface area (Å²) >= 11 is 0. The maximum atomic E-state index is 11.8. The summed E-state index contributed by atoms with van der Waals surface area (Å²) in [5, 5.41) is 9.43. The Bertz CT molecular complexity index is 204. The van der Waals surface area contributed by atoms with Gasteiger partial charge in [-0.3, -0.25) is 4.79 Å². The molecule has 0 bridgehead atoms. The zero-order valence-electron chi connectivity index (χ0n) is 9.91. The molecule has 3 heteroatoms. The molecule has 1 rings (SSSR count). The van der Waals surface area contributed by atoms with Crippen LogP contribution in [0.3, 0.4) is 0 Å². The first-order chi connectivity index (χ1) is 7.15. The van der Waals surface area contributed by atoms with E-state index < -0.39 is 0 Å². The molecule has 1 N–H and O–H groups in total. The van der Waals surface area contributed by atoms with Gasteiger partial charge in [0, 0.05) is 19.0 Å². The van der Waals surface area contributed by atoms with E-state index in [1.807, 2.05) is 11.8 Å². The monoisotopic (exact) mass is 213 g/mol. The first-order valence-corrected chi connectivity index (χ1v) is 6.12. The smallest absolute Gasteiger partial charge is 0.222 e. The van der Waals surface area contributed by atoms with Crippen LogP contribution in [0.25, 0.3) is 0 Å². The van der Waals surface area contributed by atoms with Gasteiger partial charge >= 0.3 is 0 Å². The second-order valence-electron chi connectivity index (χ2n) is 4.53. The molecule has 0 aliphatic carbocycles. The summed E-state index contributed by atoms with van der Waals surface area (Å²) in [6, 6.07) is 0.264. The summed E-state index contributed by atoms with van der Waals surface area (Å²) in [6.45, 7) is 4.59. The fourth-order valence-electron chi connectivity index (χ4n) is 2.35. The lowest BCUT2D eigenvalue weighted by Gasteiger charge is -2.30. The Labute approximate surface area is 92.5 Å². The van der Waals surface area contributed by atoms with Gasteiger partial charge in [0.15, 0.2) is 0 Å². The van der Waals surface area contributed by atoms with Crippen LogP contribution in [0.1, 0.15) is 52.4 Å². The molecule has 1 saturated heterocycles. The van der Waals surface area contributed by atoms with Gasteiger partial charge in [0.1, 0.15) is 0 Å². The minimum absolute atomic E-state index is 0.238. The Morgan fingerprint density at radius 3 is 2.80 bits per heavy atom. The Morgan fingerprint density at radius 2 is 2.20 bits per heavy atom. The summed E-state index contributed by atoms with van der Waals surface area (Å²) in [6.07, 6.45) is 5.57. The summed E-state index contributed by atoms with van der Waals surface area (Å²) < 4.78 is 0. The van der Waals surface area contributed by atoms with Crippen molar-refractivity contribution in [1.82, 2.24) is 4.90 Å². The van der Waals surface area contributed by atoms with Gasteiger partial charge in [-0.2, -0.15) is 0 Å². The molecule has 1 aliphatic heterocycles. The van der Waals surface area contributed by atoms with Gasteiger partial charge < -0.3 is 10.0 Å². The molecular formula is C12H23NO2. The van der Waals surface area contributed by atoms with E-state index in [2.05, 4.69) is 0 Å². The van der Waals surface area contributed by atoms with Crippen LogP contribution in [-0.4, -0.2) is 34.6 Å². The minimum Gasteiger partial charge on any atom is -0.393 e. The van der Waals surface area contributed by atoms with Gasteiger partial charge in [0.2, 0.25) is 5.91 Å². The van der Waals surface area contributed by atoms with Crippen molar-refractivity contribution in [3.63, 3.8) is 0 Å². The molecule has 0 aromatic carbocycles. The number of hydrogen-bond donors (Lipinski definition) is 1. The van der Waals surface area contributed by atoms with Crippen molar-refractivity contribution in [3.8, 4) is 0 Å². The largest absolute Gasteiger partial charge is 0.393 e. The molecule has 2 unspecified atom stereocenters. The molecule has 1 heterocycles. The van der Waals surface area contributed by atoms with E-state index in [9.17, 15) is 9.90 Å². The summed E-state index contributed by atoms with van der Waals surface area (Å²) in [5.74, 6) is 0.238. The van der Waals surface area contributed by atoms with Crippen LogP contribution in [0, 0.1) is 0 Å². The van der Waals surface area contributed by atoms with Crippen molar-refractivity contribution >= 4 is 5.91 Å². The highest BCUT2D eigenvalue weighted by molar-refractivity contribution is 5.76.